The average Bonchev–Trinajstić information content (AvgIpc) is 2.41. The van der Waals surface area contributed by atoms with Crippen molar-refractivity contribution >= 4 is 37.6 Å². The normalized spacial score (nSPS) is 15.0. The second kappa shape index (κ2) is 2.96. The van der Waals surface area contributed by atoms with Gasteiger partial charge in [-0.3, -0.25) is 4.79 Å². The smallest absolute Gasteiger partial charge is 0.164 e. The van der Waals surface area contributed by atoms with Crippen LogP contribution in [0.5, 0.6) is 0 Å². The number of rotatable bonds is 0. The maximum atomic E-state index is 11.4. The Bertz CT molecular complexity index is 358. The van der Waals surface area contributed by atoms with Crippen LogP contribution in [0.15, 0.2) is 21.1 Å². The highest BCUT2D eigenvalue weighted by atomic mass is 79.9. The van der Waals surface area contributed by atoms with Crippen LogP contribution in [0.25, 0.3) is 0 Å². The number of fused-ring (bicyclic) bond motifs is 1. The van der Waals surface area contributed by atoms with Crippen LogP contribution in [0.4, 0.5) is 0 Å². The number of hydrogen-bond donors (Lipinski definition) is 0. The van der Waals surface area contributed by atoms with Gasteiger partial charge in [0, 0.05) is 20.9 Å². The third-order valence-electron chi connectivity index (χ3n) is 2.08. The van der Waals surface area contributed by atoms with Crippen LogP contribution in [0.1, 0.15) is 22.3 Å². The number of benzene rings is 1. The van der Waals surface area contributed by atoms with Crippen LogP contribution in [0, 0.1) is 0 Å². The lowest BCUT2D eigenvalue weighted by molar-refractivity contribution is 0.0994. The van der Waals surface area contributed by atoms with E-state index in [1.54, 1.807) is 0 Å². The lowest BCUT2D eigenvalue weighted by Gasteiger charge is -2.02. The molecule has 1 aliphatic rings. The van der Waals surface area contributed by atoms with E-state index in [-0.39, 0.29) is 5.78 Å². The molecular weight excluding hydrogens is 284 g/mol. The lowest BCUT2D eigenvalue weighted by Crippen LogP contribution is -1.93. The lowest BCUT2D eigenvalue weighted by atomic mass is 10.1. The van der Waals surface area contributed by atoms with E-state index in [1.807, 2.05) is 12.1 Å². The van der Waals surface area contributed by atoms with Crippen LogP contribution in [0.3, 0.4) is 0 Å². The third kappa shape index (κ3) is 1.15. The molecule has 1 aromatic rings. The summed E-state index contributed by atoms with van der Waals surface area (Å²) < 4.78 is 1.86. The molecule has 0 saturated carbocycles. The third-order valence-corrected chi connectivity index (χ3v) is 4.10. The molecule has 0 spiro atoms. The summed E-state index contributed by atoms with van der Waals surface area (Å²) in [5, 5.41) is 0. The maximum Gasteiger partial charge on any atom is 0.164 e. The molecule has 62 valence electrons. The van der Waals surface area contributed by atoms with Crippen LogP contribution in [0.2, 0.25) is 0 Å². The fourth-order valence-electron chi connectivity index (χ4n) is 1.47. The Hall–Kier alpha value is -0.150. The first kappa shape index (κ1) is 8.45. The van der Waals surface area contributed by atoms with E-state index in [2.05, 4.69) is 31.9 Å². The standard InChI is InChI=1S/C9H6Br2O/c10-6-3-1-5-2-4-7(12)8(5)9(6)11/h1,3H,2,4H2. The fraction of sp³-hybridized carbons (Fsp3) is 0.222. The van der Waals surface area contributed by atoms with Crippen molar-refractivity contribution in [3.05, 3.63) is 32.2 Å². The minimum Gasteiger partial charge on any atom is -0.294 e. The van der Waals surface area contributed by atoms with Gasteiger partial charge in [0.2, 0.25) is 0 Å². The molecule has 1 nitrogen and oxygen atoms in total. The van der Waals surface area contributed by atoms with Crippen molar-refractivity contribution in [3.63, 3.8) is 0 Å². The molecule has 0 fully saturated rings. The summed E-state index contributed by atoms with van der Waals surface area (Å²) in [6, 6.07) is 3.98. The number of hydrogen-bond acceptors (Lipinski definition) is 1. The summed E-state index contributed by atoms with van der Waals surface area (Å²) in [7, 11) is 0. The summed E-state index contributed by atoms with van der Waals surface area (Å²) >= 11 is 6.78. The first-order valence-electron chi connectivity index (χ1n) is 3.70. The van der Waals surface area contributed by atoms with Crippen LogP contribution >= 0.6 is 31.9 Å². The molecule has 0 radical (unpaired) electrons. The van der Waals surface area contributed by atoms with E-state index in [9.17, 15) is 4.79 Å². The maximum absolute atomic E-state index is 11.4. The number of carbonyl (C=O) groups excluding carboxylic acids is 1. The summed E-state index contributed by atoms with van der Waals surface area (Å²) in [5.74, 6) is 0.248. The van der Waals surface area contributed by atoms with E-state index >= 15 is 0 Å². The first-order valence-corrected chi connectivity index (χ1v) is 5.29. The van der Waals surface area contributed by atoms with E-state index in [1.165, 1.54) is 0 Å². The largest absolute Gasteiger partial charge is 0.294 e. The predicted octanol–water partition coefficient (Wildman–Crippen LogP) is 3.34. The summed E-state index contributed by atoms with van der Waals surface area (Å²) in [6.07, 6.45) is 1.55. The van der Waals surface area contributed by atoms with Gasteiger partial charge in [-0.2, -0.15) is 0 Å². The Morgan fingerprint density at radius 3 is 2.67 bits per heavy atom. The van der Waals surface area contributed by atoms with Gasteiger partial charge in [-0.25, -0.2) is 0 Å². The molecule has 0 saturated heterocycles. The molecule has 1 aromatic carbocycles. The second-order valence-corrected chi connectivity index (χ2v) is 4.47. The van der Waals surface area contributed by atoms with E-state index in [0.717, 1.165) is 26.5 Å². The molecule has 1 aliphatic carbocycles. The molecule has 0 unspecified atom stereocenters. The van der Waals surface area contributed by atoms with Crippen molar-refractivity contribution < 1.29 is 4.79 Å². The number of Topliss-reactive ketones (excluding diaryl/α,β-unsaturated/α-hetero) is 1. The van der Waals surface area contributed by atoms with Crippen LogP contribution in [-0.4, -0.2) is 5.78 Å². The average molecular weight is 290 g/mol. The topological polar surface area (TPSA) is 17.1 Å². The zero-order valence-corrected chi connectivity index (χ0v) is 9.41. The molecule has 0 atom stereocenters. The minimum absolute atomic E-state index is 0.248. The summed E-state index contributed by atoms with van der Waals surface area (Å²) in [5.41, 5.74) is 2.03. The molecule has 0 heterocycles. The van der Waals surface area contributed by atoms with E-state index in [0.29, 0.717) is 6.42 Å². The van der Waals surface area contributed by atoms with Crippen molar-refractivity contribution in [2.45, 2.75) is 12.8 Å². The molecule has 0 bridgehead atoms. The van der Waals surface area contributed by atoms with Gasteiger partial charge in [-0.1, -0.05) is 6.07 Å². The highest BCUT2D eigenvalue weighted by molar-refractivity contribution is 9.13. The van der Waals surface area contributed by atoms with Crippen molar-refractivity contribution in [1.29, 1.82) is 0 Å². The quantitative estimate of drug-likeness (QED) is 0.716. The van der Waals surface area contributed by atoms with Gasteiger partial charge in [0.05, 0.1) is 0 Å². The van der Waals surface area contributed by atoms with Gasteiger partial charge in [0.15, 0.2) is 5.78 Å². The molecule has 2 rings (SSSR count). The Morgan fingerprint density at radius 1 is 1.17 bits per heavy atom. The van der Waals surface area contributed by atoms with Crippen molar-refractivity contribution in [2.24, 2.45) is 0 Å². The van der Waals surface area contributed by atoms with Gasteiger partial charge < -0.3 is 0 Å². The van der Waals surface area contributed by atoms with Gasteiger partial charge in [0.1, 0.15) is 0 Å². The Kier molecular flexibility index (Phi) is 2.09. The van der Waals surface area contributed by atoms with Gasteiger partial charge in [-0.05, 0) is 49.9 Å². The van der Waals surface area contributed by atoms with Crippen molar-refractivity contribution in [1.82, 2.24) is 0 Å². The molecule has 0 aliphatic heterocycles. The number of aryl methyl sites for hydroxylation is 1. The zero-order chi connectivity index (χ0) is 8.72. The molecule has 12 heavy (non-hydrogen) atoms. The minimum atomic E-state index is 0.248. The van der Waals surface area contributed by atoms with Crippen LogP contribution in [-0.2, 0) is 6.42 Å². The predicted molar refractivity (Wildman–Crippen MR) is 54.5 cm³/mol. The molecule has 0 amide bonds. The number of carbonyl (C=O) groups is 1. The molecule has 0 N–H and O–H groups in total. The highest BCUT2D eigenvalue weighted by Crippen LogP contribution is 2.34. The SMILES string of the molecule is O=C1CCc2ccc(Br)c(Br)c21. The van der Waals surface area contributed by atoms with Crippen molar-refractivity contribution in [3.8, 4) is 0 Å². The highest BCUT2D eigenvalue weighted by Gasteiger charge is 2.22. The first-order chi connectivity index (χ1) is 5.70. The molecular formula is C9H6Br2O. The van der Waals surface area contributed by atoms with Gasteiger partial charge in [-0.15, -0.1) is 0 Å². The second-order valence-electron chi connectivity index (χ2n) is 2.82. The number of halogens is 2. The van der Waals surface area contributed by atoms with Gasteiger partial charge in [0.25, 0.3) is 0 Å². The summed E-state index contributed by atoms with van der Waals surface area (Å²) in [4.78, 5) is 11.4. The summed E-state index contributed by atoms with van der Waals surface area (Å²) in [6.45, 7) is 0. The fourth-order valence-corrected chi connectivity index (χ4v) is 2.41. The van der Waals surface area contributed by atoms with E-state index in [4.69, 9.17) is 0 Å². The monoisotopic (exact) mass is 288 g/mol. The Morgan fingerprint density at radius 2 is 1.92 bits per heavy atom. The van der Waals surface area contributed by atoms with E-state index < -0.39 is 0 Å². The number of ketones is 1. The van der Waals surface area contributed by atoms with Gasteiger partial charge >= 0.3 is 0 Å². The van der Waals surface area contributed by atoms with Crippen molar-refractivity contribution in [2.75, 3.05) is 0 Å². The molecule has 0 aromatic heterocycles. The Balaban J connectivity index is 2.71. The van der Waals surface area contributed by atoms with Crippen LogP contribution < -0.4 is 0 Å². The molecule has 3 heteroatoms. The Labute approximate surface area is 87.4 Å². The zero-order valence-electron chi connectivity index (χ0n) is 6.23.